The molecule has 0 unspecified atom stereocenters. The third-order valence-electron chi connectivity index (χ3n) is 1.99. The Labute approximate surface area is 105 Å². The summed E-state index contributed by atoms with van der Waals surface area (Å²) < 4.78 is 53.4. The number of urea groups is 1. The van der Waals surface area contributed by atoms with E-state index in [0.29, 0.717) is 5.69 Å². The number of carbonyl (C=O) groups is 1. The molecule has 0 bridgehead atoms. The van der Waals surface area contributed by atoms with Gasteiger partial charge in [-0.1, -0.05) is 0 Å². The highest BCUT2D eigenvalue weighted by molar-refractivity contribution is 5.88. The predicted molar refractivity (Wildman–Crippen MR) is 59.2 cm³/mol. The summed E-state index contributed by atoms with van der Waals surface area (Å²) in [5.41, 5.74) is 2.15. The van der Waals surface area contributed by atoms with E-state index in [4.69, 9.17) is 5.84 Å². The Kier molecular flexibility index (Phi) is 4.93. The van der Waals surface area contributed by atoms with Crippen molar-refractivity contribution in [2.45, 2.75) is 12.3 Å². The van der Waals surface area contributed by atoms with Crippen LogP contribution in [-0.4, -0.2) is 25.0 Å². The van der Waals surface area contributed by atoms with Crippen LogP contribution in [-0.2, 0) is 0 Å². The van der Waals surface area contributed by atoms with Crippen LogP contribution >= 0.6 is 0 Å². The topological polar surface area (TPSA) is 76.4 Å². The van der Waals surface area contributed by atoms with Gasteiger partial charge in [0.2, 0.25) is 0 Å². The minimum absolute atomic E-state index is 0.0287. The molecule has 0 radical (unpaired) electrons. The molecule has 1 rings (SSSR count). The number of rotatable bonds is 5. The van der Waals surface area contributed by atoms with Crippen molar-refractivity contribution >= 4 is 11.7 Å². The first-order valence-electron chi connectivity index (χ1n) is 5.01. The Morgan fingerprint density at radius 3 is 2.37 bits per heavy atom. The van der Waals surface area contributed by atoms with E-state index >= 15 is 0 Å². The van der Waals surface area contributed by atoms with Crippen LogP contribution in [0, 0.1) is 0 Å². The summed E-state index contributed by atoms with van der Waals surface area (Å²) in [7, 11) is 0. The smallest absolute Gasteiger partial charge is 0.340 e. The molecule has 5 nitrogen and oxygen atoms in total. The third kappa shape index (κ3) is 4.62. The first-order chi connectivity index (χ1) is 8.85. The number of amides is 2. The number of alkyl halides is 4. The second-order valence-corrected chi connectivity index (χ2v) is 3.47. The predicted octanol–water partition coefficient (Wildman–Crippen LogP) is 1.96. The van der Waals surface area contributed by atoms with E-state index in [1.807, 2.05) is 5.43 Å². The van der Waals surface area contributed by atoms with Crippen LogP contribution in [0.15, 0.2) is 24.3 Å². The molecular formula is C10H11F4N3O2. The van der Waals surface area contributed by atoms with Crippen molar-refractivity contribution in [2.24, 2.45) is 5.84 Å². The molecule has 19 heavy (non-hydrogen) atoms. The largest absolute Gasteiger partial charge is 0.487 e. The standard InChI is InChI=1S/C10H11F4N3O2/c11-8(12)10(13,14)5-19-7-3-1-6(2-4-7)16-9(18)17-15/h1-4,8H,5,15H2,(H2,16,17,18). The van der Waals surface area contributed by atoms with E-state index in [-0.39, 0.29) is 5.75 Å². The maximum atomic E-state index is 12.6. The molecule has 1 aromatic rings. The van der Waals surface area contributed by atoms with Crippen LogP contribution in [0.5, 0.6) is 5.75 Å². The Bertz CT molecular complexity index is 425. The molecule has 1 aromatic carbocycles. The summed E-state index contributed by atoms with van der Waals surface area (Å²) in [5.74, 6) is 0.592. The van der Waals surface area contributed by atoms with Crippen molar-refractivity contribution in [1.29, 1.82) is 0 Å². The Morgan fingerprint density at radius 1 is 1.32 bits per heavy atom. The molecule has 2 amide bonds. The van der Waals surface area contributed by atoms with Crippen molar-refractivity contribution in [1.82, 2.24) is 5.43 Å². The van der Waals surface area contributed by atoms with E-state index in [2.05, 4.69) is 10.1 Å². The molecular weight excluding hydrogens is 270 g/mol. The molecule has 0 atom stereocenters. The number of hydrogen-bond donors (Lipinski definition) is 3. The van der Waals surface area contributed by atoms with Gasteiger partial charge in [-0.2, -0.15) is 8.78 Å². The summed E-state index contributed by atoms with van der Waals surface area (Å²) in [5, 5.41) is 2.31. The quantitative estimate of drug-likeness (QED) is 0.334. The fraction of sp³-hybridized carbons (Fsp3) is 0.300. The number of carbonyl (C=O) groups excluding carboxylic acids is 1. The lowest BCUT2D eigenvalue weighted by Crippen LogP contribution is -2.34. The van der Waals surface area contributed by atoms with E-state index < -0.39 is 25.0 Å². The molecule has 0 aliphatic rings. The minimum Gasteiger partial charge on any atom is -0.487 e. The Balaban J connectivity index is 2.55. The van der Waals surface area contributed by atoms with Gasteiger partial charge in [0.25, 0.3) is 0 Å². The van der Waals surface area contributed by atoms with Gasteiger partial charge in [-0.05, 0) is 24.3 Å². The summed E-state index contributed by atoms with van der Waals surface area (Å²) >= 11 is 0. The van der Waals surface area contributed by atoms with Gasteiger partial charge in [0.1, 0.15) is 5.75 Å². The van der Waals surface area contributed by atoms with Crippen molar-refractivity contribution in [3.63, 3.8) is 0 Å². The molecule has 0 spiro atoms. The van der Waals surface area contributed by atoms with Crippen molar-refractivity contribution in [2.75, 3.05) is 11.9 Å². The second-order valence-electron chi connectivity index (χ2n) is 3.47. The lowest BCUT2D eigenvalue weighted by molar-refractivity contribution is -0.148. The van der Waals surface area contributed by atoms with Gasteiger partial charge < -0.3 is 10.1 Å². The number of hydrazine groups is 1. The lowest BCUT2D eigenvalue weighted by atomic mass is 10.3. The molecule has 4 N–H and O–H groups in total. The van der Waals surface area contributed by atoms with E-state index in [1.54, 1.807) is 0 Å². The second kappa shape index (κ2) is 6.23. The van der Waals surface area contributed by atoms with Crippen LogP contribution < -0.4 is 21.3 Å². The molecule has 0 heterocycles. The van der Waals surface area contributed by atoms with Gasteiger partial charge in [-0.25, -0.2) is 19.4 Å². The number of anilines is 1. The number of ether oxygens (including phenoxy) is 1. The third-order valence-corrected chi connectivity index (χ3v) is 1.99. The van der Waals surface area contributed by atoms with Crippen LogP contribution in [0.25, 0.3) is 0 Å². The van der Waals surface area contributed by atoms with Crippen LogP contribution in [0.3, 0.4) is 0 Å². The van der Waals surface area contributed by atoms with Crippen molar-refractivity contribution < 1.29 is 27.1 Å². The molecule has 0 aliphatic heterocycles. The fourth-order valence-corrected chi connectivity index (χ4v) is 1.04. The highest BCUT2D eigenvalue weighted by Crippen LogP contribution is 2.24. The number of benzene rings is 1. The van der Waals surface area contributed by atoms with Gasteiger partial charge >= 0.3 is 18.4 Å². The number of nitrogens with two attached hydrogens (primary N) is 1. The van der Waals surface area contributed by atoms with Gasteiger partial charge in [0.15, 0.2) is 6.61 Å². The summed E-state index contributed by atoms with van der Waals surface area (Å²) in [6.07, 6.45) is -3.79. The molecule has 106 valence electrons. The zero-order valence-electron chi connectivity index (χ0n) is 9.50. The van der Waals surface area contributed by atoms with E-state index in [9.17, 15) is 22.4 Å². The number of hydrogen-bond acceptors (Lipinski definition) is 3. The molecule has 0 aromatic heterocycles. The van der Waals surface area contributed by atoms with Crippen LogP contribution in [0.2, 0.25) is 0 Å². The summed E-state index contributed by atoms with van der Waals surface area (Å²) in [6.45, 7) is -1.43. The molecule has 0 saturated carbocycles. The average molecular weight is 281 g/mol. The zero-order valence-corrected chi connectivity index (χ0v) is 9.50. The van der Waals surface area contributed by atoms with Gasteiger partial charge in [0, 0.05) is 5.69 Å². The zero-order chi connectivity index (χ0) is 14.5. The molecule has 0 fully saturated rings. The fourth-order valence-electron chi connectivity index (χ4n) is 1.04. The van der Waals surface area contributed by atoms with Gasteiger partial charge in [-0.15, -0.1) is 0 Å². The van der Waals surface area contributed by atoms with E-state index in [0.717, 1.165) is 0 Å². The Morgan fingerprint density at radius 2 is 1.89 bits per heavy atom. The summed E-state index contributed by atoms with van der Waals surface area (Å²) in [4.78, 5) is 10.8. The van der Waals surface area contributed by atoms with Crippen LogP contribution in [0.4, 0.5) is 28.0 Å². The Hall–Kier alpha value is -2.03. The van der Waals surface area contributed by atoms with Crippen molar-refractivity contribution in [3.05, 3.63) is 24.3 Å². The monoisotopic (exact) mass is 281 g/mol. The molecule has 0 aliphatic carbocycles. The molecule has 0 saturated heterocycles. The average Bonchev–Trinajstić information content (AvgIpc) is 2.37. The normalized spacial score (nSPS) is 11.3. The SMILES string of the molecule is NNC(=O)Nc1ccc(OCC(F)(F)C(F)F)cc1. The molecule has 9 heteroatoms. The minimum atomic E-state index is -4.21. The first kappa shape index (κ1) is 15.0. The van der Waals surface area contributed by atoms with Crippen molar-refractivity contribution in [3.8, 4) is 5.75 Å². The maximum Gasteiger partial charge on any atom is 0.340 e. The van der Waals surface area contributed by atoms with Gasteiger partial charge in [0.05, 0.1) is 0 Å². The number of nitrogens with one attached hydrogen (secondary N) is 2. The highest BCUT2D eigenvalue weighted by atomic mass is 19.3. The van der Waals surface area contributed by atoms with Gasteiger partial charge in [-0.3, -0.25) is 5.43 Å². The van der Waals surface area contributed by atoms with E-state index in [1.165, 1.54) is 24.3 Å². The summed E-state index contributed by atoms with van der Waals surface area (Å²) in [6, 6.07) is 4.50. The maximum absolute atomic E-state index is 12.6. The lowest BCUT2D eigenvalue weighted by Gasteiger charge is -2.16. The first-order valence-corrected chi connectivity index (χ1v) is 5.01. The van der Waals surface area contributed by atoms with Crippen LogP contribution in [0.1, 0.15) is 0 Å². The number of halogens is 4. The highest BCUT2D eigenvalue weighted by Gasteiger charge is 2.41.